The van der Waals surface area contributed by atoms with Gasteiger partial charge in [-0.1, -0.05) is 51.8 Å². The van der Waals surface area contributed by atoms with Crippen molar-refractivity contribution in [2.45, 2.75) is 52.1 Å². The molecule has 0 bridgehead atoms. The van der Waals surface area contributed by atoms with Crippen molar-refractivity contribution in [3.8, 4) is 0 Å². The maximum absolute atomic E-state index is 11.5. The zero-order chi connectivity index (χ0) is 15.1. The number of fused-ring (bicyclic) bond motifs is 1. The van der Waals surface area contributed by atoms with Crippen LogP contribution < -0.4 is 0 Å². The standard InChI is InChI=1S/C19H25NO/c1-18(2,3)17-8-4-5-11-19(17,21)15-10-9-14-7-6-12-20-16(14)13-15/h6-7,9-10,12-13,17,21H,4-5,8,11H2,1-3H3. The molecule has 2 nitrogen and oxygen atoms in total. The summed E-state index contributed by atoms with van der Waals surface area (Å²) in [6, 6.07) is 10.3. The predicted molar refractivity (Wildman–Crippen MR) is 87.1 cm³/mol. The van der Waals surface area contributed by atoms with Gasteiger partial charge in [-0.05, 0) is 41.9 Å². The van der Waals surface area contributed by atoms with Crippen LogP contribution in [0.15, 0.2) is 36.5 Å². The van der Waals surface area contributed by atoms with E-state index in [2.05, 4.69) is 50.0 Å². The second kappa shape index (κ2) is 5.10. The van der Waals surface area contributed by atoms with Gasteiger partial charge >= 0.3 is 0 Å². The number of pyridine rings is 1. The van der Waals surface area contributed by atoms with Gasteiger partial charge in [0, 0.05) is 11.6 Å². The Hall–Kier alpha value is -1.41. The summed E-state index contributed by atoms with van der Waals surface area (Å²) in [4.78, 5) is 4.44. The summed E-state index contributed by atoms with van der Waals surface area (Å²) in [5.74, 6) is 0.292. The Morgan fingerprint density at radius 2 is 2.00 bits per heavy atom. The van der Waals surface area contributed by atoms with Gasteiger partial charge in [0.2, 0.25) is 0 Å². The summed E-state index contributed by atoms with van der Waals surface area (Å²) in [7, 11) is 0. The van der Waals surface area contributed by atoms with Gasteiger partial charge < -0.3 is 5.11 Å². The fourth-order valence-electron chi connectivity index (χ4n) is 3.99. The summed E-state index contributed by atoms with van der Waals surface area (Å²) in [5.41, 5.74) is 1.39. The molecule has 2 unspecified atom stereocenters. The number of rotatable bonds is 1. The number of hydrogen-bond donors (Lipinski definition) is 1. The van der Waals surface area contributed by atoms with Crippen LogP contribution in [0.4, 0.5) is 0 Å². The van der Waals surface area contributed by atoms with Crippen molar-refractivity contribution in [2.75, 3.05) is 0 Å². The fourth-order valence-corrected chi connectivity index (χ4v) is 3.99. The van der Waals surface area contributed by atoms with E-state index in [-0.39, 0.29) is 5.41 Å². The van der Waals surface area contributed by atoms with Crippen molar-refractivity contribution in [3.05, 3.63) is 42.1 Å². The van der Waals surface area contributed by atoms with Gasteiger partial charge in [-0.2, -0.15) is 0 Å². The first-order chi connectivity index (χ1) is 9.91. The van der Waals surface area contributed by atoms with Crippen LogP contribution in [-0.4, -0.2) is 10.1 Å². The Morgan fingerprint density at radius 3 is 2.76 bits per heavy atom. The molecule has 1 saturated carbocycles. The van der Waals surface area contributed by atoms with E-state index in [1.54, 1.807) is 0 Å². The van der Waals surface area contributed by atoms with Crippen LogP contribution in [-0.2, 0) is 5.60 Å². The first-order valence-corrected chi connectivity index (χ1v) is 7.99. The molecule has 1 aliphatic carbocycles. The first-order valence-electron chi connectivity index (χ1n) is 7.99. The van der Waals surface area contributed by atoms with Gasteiger partial charge in [-0.15, -0.1) is 0 Å². The lowest BCUT2D eigenvalue weighted by molar-refractivity contribution is -0.0958. The molecule has 1 aliphatic rings. The highest BCUT2D eigenvalue weighted by Crippen LogP contribution is 2.49. The second-order valence-corrected chi connectivity index (χ2v) is 7.50. The maximum atomic E-state index is 11.5. The summed E-state index contributed by atoms with van der Waals surface area (Å²) in [5, 5.41) is 12.6. The summed E-state index contributed by atoms with van der Waals surface area (Å²) < 4.78 is 0. The van der Waals surface area contributed by atoms with Crippen molar-refractivity contribution < 1.29 is 5.11 Å². The first kappa shape index (κ1) is 14.5. The number of benzene rings is 1. The molecule has 0 spiro atoms. The Morgan fingerprint density at radius 1 is 1.19 bits per heavy atom. The monoisotopic (exact) mass is 283 g/mol. The van der Waals surface area contributed by atoms with Crippen molar-refractivity contribution in [1.29, 1.82) is 0 Å². The third-order valence-electron chi connectivity index (χ3n) is 5.03. The molecule has 2 heteroatoms. The van der Waals surface area contributed by atoms with Crippen molar-refractivity contribution in [1.82, 2.24) is 4.98 Å². The highest BCUT2D eigenvalue weighted by atomic mass is 16.3. The Bertz CT molecular complexity index is 643. The highest BCUT2D eigenvalue weighted by molar-refractivity contribution is 5.79. The van der Waals surface area contributed by atoms with Crippen LogP contribution in [0.3, 0.4) is 0 Å². The van der Waals surface area contributed by atoms with Gasteiger partial charge in [0.25, 0.3) is 0 Å². The van der Waals surface area contributed by atoms with E-state index in [1.165, 1.54) is 6.42 Å². The van der Waals surface area contributed by atoms with Gasteiger partial charge in [-0.3, -0.25) is 4.98 Å². The van der Waals surface area contributed by atoms with Crippen LogP contribution in [0.5, 0.6) is 0 Å². The maximum Gasteiger partial charge on any atom is 0.0930 e. The van der Waals surface area contributed by atoms with E-state index in [1.807, 2.05) is 12.3 Å². The third-order valence-corrected chi connectivity index (χ3v) is 5.03. The highest BCUT2D eigenvalue weighted by Gasteiger charge is 2.45. The SMILES string of the molecule is CC(C)(C)C1CCCCC1(O)c1ccc2cccnc2c1. The summed E-state index contributed by atoms with van der Waals surface area (Å²) in [6.07, 6.45) is 6.09. The molecule has 2 atom stereocenters. The molecule has 21 heavy (non-hydrogen) atoms. The molecule has 3 rings (SSSR count). The fraction of sp³-hybridized carbons (Fsp3) is 0.526. The molecule has 2 aromatic rings. The smallest absolute Gasteiger partial charge is 0.0930 e. The van der Waals surface area contributed by atoms with Crippen LogP contribution in [0.1, 0.15) is 52.0 Å². The van der Waals surface area contributed by atoms with E-state index in [4.69, 9.17) is 0 Å². The molecule has 1 N–H and O–H groups in total. The van der Waals surface area contributed by atoms with Crippen molar-refractivity contribution in [2.24, 2.45) is 11.3 Å². The molecular weight excluding hydrogens is 258 g/mol. The molecule has 0 radical (unpaired) electrons. The number of aliphatic hydroxyl groups is 1. The molecule has 1 heterocycles. The summed E-state index contributed by atoms with van der Waals surface area (Å²) in [6.45, 7) is 6.73. The predicted octanol–water partition coefficient (Wildman–Crippen LogP) is 4.66. The Labute approximate surface area is 127 Å². The Kier molecular flexibility index (Phi) is 3.53. The summed E-state index contributed by atoms with van der Waals surface area (Å²) >= 11 is 0. The van der Waals surface area contributed by atoms with Crippen LogP contribution in [0.25, 0.3) is 10.9 Å². The molecule has 1 aromatic carbocycles. The lowest BCUT2D eigenvalue weighted by Gasteiger charge is -2.47. The zero-order valence-electron chi connectivity index (χ0n) is 13.3. The molecular formula is C19H25NO. The molecule has 0 aliphatic heterocycles. The van der Waals surface area contributed by atoms with Crippen LogP contribution in [0.2, 0.25) is 0 Å². The minimum atomic E-state index is -0.720. The van der Waals surface area contributed by atoms with E-state index >= 15 is 0 Å². The van der Waals surface area contributed by atoms with Gasteiger partial charge in [0.1, 0.15) is 0 Å². The van der Waals surface area contributed by atoms with Gasteiger partial charge in [-0.25, -0.2) is 0 Å². The lowest BCUT2D eigenvalue weighted by atomic mass is 9.61. The molecule has 0 saturated heterocycles. The van der Waals surface area contributed by atoms with Gasteiger partial charge in [0.05, 0.1) is 11.1 Å². The number of nitrogens with zero attached hydrogens (tertiary/aromatic N) is 1. The van der Waals surface area contributed by atoms with E-state index in [0.717, 1.165) is 35.7 Å². The molecule has 112 valence electrons. The van der Waals surface area contributed by atoms with Crippen molar-refractivity contribution >= 4 is 10.9 Å². The number of aromatic nitrogens is 1. The third kappa shape index (κ3) is 2.57. The molecule has 0 amide bonds. The van der Waals surface area contributed by atoms with Crippen molar-refractivity contribution in [3.63, 3.8) is 0 Å². The largest absolute Gasteiger partial charge is 0.385 e. The average molecular weight is 283 g/mol. The van der Waals surface area contributed by atoms with Crippen LogP contribution in [0, 0.1) is 11.3 Å². The Balaban J connectivity index is 2.08. The average Bonchev–Trinajstić information content (AvgIpc) is 2.46. The van der Waals surface area contributed by atoms with E-state index < -0.39 is 5.60 Å². The molecule has 1 fully saturated rings. The number of hydrogen-bond acceptors (Lipinski definition) is 2. The van der Waals surface area contributed by atoms with Gasteiger partial charge in [0.15, 0.2) is 0 Å². The minimum Gasteiger partial charge on any atom is -0.385 e. The lowest BCUT2D eigenvalue weighted by Crippen LogP contribution is -2.44. The van der Waals surface area contributed by atoms with E-state index in [0.29, 0.717) is 5.92 Å². The quantitative estimate of drug-likeness (QED) is 0.825. The zero-order valence-corrected chi connectivity index (χ0v) is 13.3. The van der Waals surface area contributed by atoms with E-state index in [9.17, 15) is 5.11 Å². The normalized spacial score (nSPS) is 27.0. The topological polar surface area (TPSA) is 33.1 Å². The minimum absolute atomic E-state index is 0.105. The van der Waals surface area contributed by atoms with Crippen LogP contribution >= 0.6 is 0 Å². The second-order valence-electron chi connectivity index (χ2n) is 7.50. The molecule has 1 aromatic heterocycles.